The molecule has 2 rings (SSSR count). The first kappa shape index (κ1) is 19.5. The molecule has 0 aliphatic heterocycles. The average Bonchev–Trinajstić information content (AvgIpc) is 2.60. The molecule has 0 unspecified atom stereocenters. The first-order valence-corrected chi connectivity index (χ1v) is 9.94. The van der Waals surface area contributed by atoms with Crippen LogP contribution in [0.5, 0.6) is 5.75 Å². The monoisotopic (exact) mass is 371 g/mol. The van der Waals surface area contributed by atoms with Crippen LogP contribution in [0.4, 0.5) is 0 Å². The second-order valence-corrected chi connectivity index (χ2v) is 7.91. The van der Waals surface area contributed by atoms with Gasteiger partial charge in [-0.25, -0.2) is 8.42 Å². The Bertz CT molecular complexity index is 925. The van der Waals surface area contributed by atoms with Crippen molar-refractivity contribution in [3.05, 3.63) is 59.2 Å². The van der Waals surface area contributed by atoms with Crippen LogP contribution in [-0.4, -0.2) is 33.7 Å². The number of hydrogen-bond donors (Lipinski definition) is 1. The van der Waals surface area contributed by atoms with Gasteiger partial charge in [0.2, 0.25) is 0 Å². The first-order valence-electron chi connectivity index (χ1n) is 8.05. The third kappa shape index (κ3) is 5.36. The van der Waals surface area contributed by atoms with Gasteiger partial charge in [-0.15, -0.1) is 6.42 Å². The summed E-state index contributed by atoms with van der Waals surface area (Å²) in [6.07, 6.45) is 6.91. The van der Waals surface area contributed by atoms with Gasteiger partial charge in [0, 0.05) is 18.4 Å². The molecule has 1 N–H and O–H groups in total. The lowest BCUT2D eigenvalue weighted by molar-refractivity contribution is 0.0953. The van der Waals surface area contributed by atoms with E-state index in [1.165, 1.54) is 12.1 Å². The van der Waals surface area contributed by atoms with Crippen molar-refractivity contribution in [1.82, 2.24) is 5.32 Å². The number of rotatable bonds is 7. The molecule has 0 aliphatic carbocycles. The minimum Gasteiger partial charge on any atom is -0.481 e. The summed E-state index contributed by atoms with van der Waals surface area (Å²) in [6, 6.07) is 12.0. The van der Waals surface area contributed by atoms with Crippen LogP contribution in [0.25, 0.3) is 0 Å². The predicted molar refractivity (Wildman–Crippen MR) is 101 cm³/mol. The van der Waals surface area contributed by atoms with Gasteiger partial charge in [-0.2, -0.15) is 0 Å². The number of hydrogen-bond acceptors (Lipinski definition) is 4. The van der Waals surface area contributed by atoms with E-state index in [0.29, 0.717) is 24.3 Å². The van der Waals surface area contributed by atoms with Gasteiger partial charge in [0.25, 0.3) is 5.91 Å². The van der Waals surface area contributed by atoms with E-state index in [-0.39, 0.29) is 17.4 Å². The SMILES string of the molecule is C#CCOc1ccc(CCNC(=O)c2cc(S(C)(=O)=O)ccc2C)cc1. The molecule has 2 aromatic carbocycles. The largest absolute Gasteiger partial charge is 0.481 e. The molecule has 0 radical (unpaired) electrons. The highest BCUT2D eigenvalue weighted by Crippen LogP contribution is 2.16. The van der Waals surface area contributed by atoms with E-state index in [2.05, 4.69) is 11.2 Å². The molecular formula is C20H21NO4S. The highest BCUT2D eigenvalue weighted by Gasteiger charge is 2.14. The zero-order chi connectivity index (χ0) is 19.2. The van der Waals surface area contributed by atoms with Crippen LogP contribution in [0.1, 0.15) is 21.5 Å². The number of terminal acetylenes is 1. The molecule has 0 saturated heterocycles. The number of carbonyl (C=O) groups excluding carboxylic acids is 1. The second kappa shape index (κ2) is 8.54. The van der Waals surface area contributed by atoms with Gasteiger partial charge in [-0.05, 0) is 48.7 Å². The zero-order valence-corrected chi connectivity index (χ0v) is 15.6. The third-order valence-electron chi connectivity index (χ3n) is 3.83. The van der Waals surface area contributed by atoms with Gasteiger partial charge in [-0.3, -0.25) is 4.79 Å². The lowest BCUT2D eigenvalue weighted by Crippen LogP contribution is -2.26. The predicted octanol–water partition coefficient (Wildman–Crippen LogP) is 2.38. The fraction of sp³-hybridized carbons (Fsp3) is 0.250. The van der Waals surface area contributed by atoms with Gasteiger partial charge in [0.1, 0.15) is 12.4 Å². The molecule has 136 valence electrons. The van der Waals surface area contributed by atoms with Crippen molar-refractivity contribution in [2.24, 2.45) is 0 Å². The highest BCUT2D eigenvalue weighted by molar-refractivity contribution is 7.90. The maximum atomic E-state index is 12.4. The van der Waals surface area contributed by atoms with Gasteiger partial charge in [-0.1, -0.05) is 24.1 Å². The lowest BCUT2D eigenvalue weighted by Gasteiger charge is -2.10. The smallest absolute Gasteiger partial charge is 0.251 e. The summed E-state index contributed by atoms with van der Waals surface area (Å²) in [7, 11) is -3.35. The Kier molecular flexibility index (Phi) is 6.42. The Hall–Kier alpha value is -2.78. The second-order valence-electron chi connectivity index (χ2n) is 5.89. The van der Waals surface area contributed by atoms with Crippen LogP contribution in [0.2, 0.25) is 0 Å². The normalized spacial score (nSPS) is 10.8. The first-order chi connectivity index (χ1) is 12.3. The minimum absolute atomic E-state index is 0.135. The lowest BCUT2D eigenvalue weighted by atomic mass is 10.1. The van der Waals surface area contributed by atoms with Gasteiger partial charge in [0.15, 0.2) is 9.84 Å². The van der Waals surface area contributed by atoms with Crippen LogP contribution in [0.3, 0.4) is 0 Å². The maximum absolute atomic E-state index is 12.4. The minimum atomic E-state index is -3.35. The molecule has 0 saturated carbocycles. The molecule has 0 heterocycles. The van der Waals surface area contributed by atoms with Crippen molar-refractivity contribution in [1.29, 1.82) is 0 Å². The maximum Gasteiger partial charge on any atom is 0.251 e. The van der Waals surface area contributed by atoms with Crippen molar-refractivity contribution in [2.75, 3.05) is 19.4 Å². The third-order valence-corrected chi connectivity index (χ3v) is 4.94. The van der Waals surface area contributed by atoms with E-state index in [0.717, 1.165) is 17.4 Å². The molecule has 5 nitrogen and oxygen atoms in total. The number of nitrogens with one attached hydrogen (secondary N) is 1. The van der Waals surface area contributed by atoms with Crippen molar-refractivity contribution >= 4 is 15.7 Å². The van der Waals surface area contributed by atoms with Crippen LogP contribution in [-0.2, 0) is 16.3 Å². The summed E-state index contributed by atoms with van der Waals surface area (Å²) >= 11 is 0. The van der Waals surface area contributed by atoms with Crippen LogP contribution in [0.15, 0.2) is 47.4 Å². The van der Waals surface area contributed by atoms with Crippen molar-refractivity contribution in [3.8, 4) is 18.1 Å². The fourth-order valence-electron chi connectivity index (χ4n) is 2.37. The Labute approximate surface area is 154 Å². The van der Waals surface area contributed by atoms with E-state index in [4.69, 9.17) is 11.2 Å². The Balaban J connectivity index is 1.96. The van der Waals surface area contributed by atoms with Crippen LogP contribution in [0, 0.1) is 19.3 Å². The molecule has 6 heteroatoms. The van der Waals surface area contributed by atoms with E-state index >= 15 is 0 Å². The molecule has 0 bridgehead atoms. The Morgan fingerprint density at radius 1 is 1.19 bits per heavy atom. The van der Waals surface area contributed by atoms with Crippen molar-refractivity contribution in [3.63, 3.8) is 0 Å². The number of sulfone groups is 1. The van der Waals surface area contributed by atoms with Crippen LogP contribution < -0.4 is 10.1 Å². The number of ether oxygens (including phenoxy) is 1. The number of carbonyl (C=O) groups is 1. The summed E-state index contributed by atoms with van der Waals surface area (Å²) in [5.74, 6) is 2.81. The van der Waals surface area contributed by atoms with Crippen molar-refractivity contribution < 1.29 is 17.9 Å². The molecule has 26 heavy (non-hydrogen) atoms. The van der Waals surface area contributed by atoms with E-state index in [9.17, 15) is 13.2 Å². The average molecular weight is 371 g/mol. The van der Waals surface area contributed by atoms with E-state index < -0.39 is 9.84 Å². The fourth-order valence-corrected chi connectivity index (χ4v) is 3.02. The number of benzene rings is 2. The van der Waals surface area contributed by atoms with E-state index in [1.54, 1.807) is 13.0 Å². The molecule has 0 spiro atoms. The van der Waals surface area contributed by atoms with Gasteiger partial charge < -0.3 is 10.1 Å². The van der Waals surface area contributed by atoms with Crippen molar-refractivity contribution in [2.45, 2.75) is 18.2 Å². The topological polar surface area (TPSA) is 72.5 Å². The quantitative estimate of drug-likeness (QED) is 0.759. The molecule has 0 atom stereocenters. The zero-order valence-electron chi connectivity index (χ0n) is 14.8. The van der Waals surface area contributed by atoms with E-state index in [1.807, 2.05) is 24.3 Å². The molecule has 0 fully saturated rings. The van der Waals surface area contributed by atoms with Crippen LogP contribution >= 0.6 is 0 Å². The summed E-state index contributed by atoms with van der Waals surface area (Å²) < 4.78 is 28.6. The summed E-state index contributed by atoms with van der Waals surface area (Å²) in [6.45, 7) is 2.43. The molecule has 0 aromatic heterocycles. The standard InChI is InChI=1S/C20H21NO4S/c1-4-13-25-17-8-6-16(7-9-17)11-12-21-20(22)19-14-18(26(3,23)24)10-5-15(19)2/h1,5-10,14H,11-13H2,2-3H3,(H,21,22). The van der Waals surface area contributed by atoms with Gasteiger partial charge >= 0.3 is 0 Å². The summed E-state index contributed by atoms with van der Waals surface area (Å²) in [5.41, 5.74) is 2.14. The molecule has 1 amide bonds. The summed E-state index contributed by atoms with van der Waals surface area (Å²) in [4.78, 5) is 12.5. The number of amides is 1. The van der Waals surface area contributed by atoms with Gasteiger partial charge in [0.05, 0.1) is 4.90 Å². The summed E-state index contributed by atoms with van der Waals surface area (Å²) in [5, 5.41) is 2.82. The molecular weight excluding hydrogens is 350 g/mol. The highest BCUT2D eigenvalue weighted by atomic mass is 32.2. The molecule has 2 aromatic rings. The Morgan fingerprint density at radius 2 is 1.88 bits per heavy atom. The molecule has 0 aliphatic rings. The Morgan fingerprint density at radius 3 is 2.50 bits per heavy atom. The number of aryl methyl sites for hydroxylation is 1.